The first-order valence-corrected chi connectivity index (χ1v) is 7.45. The molecule has 0 spiro atoms. The van der Waals surface area contributed by atoms with Crippen molar-refractivity contribution in [3.8, 4) is 5.75 Å². The Morgan fingerprint density at radius 1 is 1.35 bits per heavy atom. The highest BCUT2D eigenvalue weighted by atomic mass is 16.5. The molecule has 2 amide bonds. The number of hydrogen-bond acceptors (Lipinski definition) is 4. The molecule has 1 aliphatic heterocycles. The van der Waals surface area contributed by atoms with Gasteiger partial charge in [-0.1, -0.05) is 13.8 Å². The second-order valence-electron chi connectivity index (χ2n) is 5.81. The lowest BCUT2D eigenvalue weighted by atomic mass is 10.1. The second kappa shape index (κ2) is 7.13. The van der Waals surface area contributed by atoms with E-state index in [0.29, 0.717) is 29.6 Å². The van der Waals surface area contributed by atoms with Crippen LogP contribution < -0.4 is 15.0 Å². The van der Waals surface area contributed by atoms with E-state index in [1.54, 1.807) is 23.1 Å². The molecule has 1 aromatic carbocycles. The second-order valence-corrected chi connectivity index (χ2v) is 5.81. The van der Waals surface area contributed by atoms with Crippen LogP contribution in [0.4, 0.5) is 11.4 Å². The van der Waals surface area contributed by atoms with Gasteiger partial charge in [-0.05, 0) is 18.1 Å². The smallest absolute Gasteiger partial charge is 0.303 e. The summed E-state index contributed by atoms with van der Waals surface area (Å²) in [6.07, 6.45) is -0.310. The molecule has 1 aliphatic rings. The Balaban J connectivity index is 2.11. The van der Waals surface area contributed by atoms with Crippen LogP contribution in [0.2, 0.25) is 0 Å². The zero-order chi connectivity index (χ0) is 17.0. The van der Waals surface area contributed by atoms with Crippen LogP contribution in [0, 0.1) is 5.92 Å². The van der Waals surface area contributed by atoms with Crippen molar-refractivity contribution in [2.75, 3.05) is 23.4 Å². The Morgan fingerprint density at radius 3 is 2.74 bits per heavy atom. The third-order valence-corrected chi connectivity index (χ3v) is 3.30. The van der Waals surface area contributed by atoms with Gasteiger partial charge >= 0.3 is 5.97 Å². The monoisotopic (exact) mass is 320 g/mol. The van der Waals surface area contributed by atoms with Crippen LogP contribution >= 0.6 is 0 Å². The molecule has 23 heavy (non-hydrogen) atoms. The van der Waals surface area contributed by atoms with E-state index in [-0.39, 0.29) is 31.3 Å². The minimum atomic E-state index is -1.02. The highest BCUT2D eigenvalue weighted by Crippen LogP contribution is 2.35. The molecule has 2 rings (SSSR count). The summed E-state index contributed by atoms with van der Waals surface area (Å²) in [4.78, 5) is 35.8. The number of rotatable bonds is 6. The Morgan fingerprint density at radius 2 is 2.09 bits per heavy atom. The Labute approximate surface area is 134 Å². The van der Waals surface area contributed by atoms with Crippen LogP contribution in [0.15, 0.2) is 18.2 Å². The fraction of sp³-hybridized carbons (Fsp3) is 0.438. The fourth-order valence-electron chi connectivity index (χ4n) is 2.29. The first kappa shape index (κ1) is 16.8. The molecule has 0 aromatic heterocycles. The van der Waals surface area contributed by atoms with Gasteiger partial charge in [0.15, 0.2) is 6.61 Å². The number of carbonyl (C=O) groups is 3. The zero-order valence-electron chi connectivity index (χ0n) is 13.2. The molecule has 0 saturated heterocycles. The summed E-state index contributed by atoms with van der Waals surface area (Å²) in [7, 11) is 0. The van der Waals surface area contributed by atoms with E-state index in [1.807, 2.05) is 13.8 Å². The van der Waals surface area contributed by atoms with Gasteiger partial charge in [0.05, 0.1) is 12.1 Å². The van der Waals surface area contributed by atoms with Crippen LogP contribution in [0.5, 0.6) is 5.75 Å². The Bertz CT molecular complexity index is 627. The van der Waals surface area contributed by atoms with Crippen molar-refractivity contribution in [3.63, 3.8) is 0 Å². The van der Waals surface area contributed by atoms with Gasteiger partial charge in [-0.2, -0.15) is 0 Å². The summed E-state index contributed by atoms with van der Waals surface area (Å²) < 4.78 is 5.43. The molecule has 1 aromatic rings. The first-order valence-electron chi connectivity index (χ1n) is 7.45. The number of carboxylic acid groups (broad SMARTS) is 1. The highest BCUT2D eigenvalue weighted by molar-refractivity contribution is 5.99. The van der Waals surface area contributed by atoms with E-state index in [9.17, 15) is 14.4 Å². The number of ether oxygens (including phenoxy) is 1. The number of hydrogen-bond donors (Lipinski definition) is 2. The predicted molar refractivity (Wildman–Crippen MR) is 84.6 cm³/mol. The van der Waals surface area contributed by atoms with Crippen LogP contribution in [-0.2, 0) is 14.4 Å². The summed E-state index contributed by atoms with van der Waals surface area (Å²) >= 11 is 0. The van der Waals surface area contributed by atoms with Crippen molar-refractivity contribution >= 4 is 29.2 Å². The van der Waals surface area contributed by atoms with E-state index in [2.05, 4.69) is 5.32 Å². The van der Waals surface area contributed by atoms with E-state index in [1.165, 1.54) is 0 Å². The average molecular weight is 320 g/mol. The molecule has 0 radical (unpaired) electrons. The maximum atomic E-state index is 12.0. The third-order valence-electron chi connectivity index (χ3n) is 3.30. The number of amides is 2. The largest absolute Gasteiger partial charge is 0.481 e. The predicted octanol–water partition coefficient (Wildman–Crippen LogP) is 1.87. The van der Waals surface area contributed by atoms with E-state index < -0.39 is 5.97 Å². The van der Waals surface area contributed by atoms with Crippen LogP contribution in [-0.4, -0.2) is 36.0 Å². The van der Waals surface area contributed by atoms with E-state index in [4.69, 9.17) is 9.84 Å². The van der Waals surface area contributed by atoms with Crippen molar-refractivity contribution in [1.82, 2.24) is 0 Å². The van der Waals surface area contributed by atoms with Gasteiger partial charge in [0, 0.05) is 24.7 Å². The first-order chi connectivity index (χ1) is 10.9. The van der Waals surface area contributed by atoms with Crippen LogP contribution in [0.25, 0.3) is 0 Å². The Hall–Kier alpha value is -2.57. The maximum Gasteiger partial charge on any atom is 0.303 e. The van der Waals surface area contributed by atoms with Gasteiger partial charge in [-0.25, -0.2) is 0 Å². The number of fused-ring (bicyclic) bond motifs is 1. The standard InChI is InChI=1S/C16H20N2O5/c1-10(2)8-18-12-4-3-11(7-13(12)23-9-15(18)20)17-14(19)5-6-16(21)22/h3-4,7,10H,5-6,8-9H2,1-2H3,(H,17,19)(H,21,22). The molecule has 0 fully saturated rings. The molecule has 124 valence electrons. The molecule has 0 unspecified atom stereocenters. The van der Waals surface area contributed by atoms with Gasteiger partial charge in [-0.3, -0.25) is 14.4 Å². The topological polar surface area (TPSA) is 95.9 Å². The molecule has 0 bridgehead atoms. The lowest BCUT2D eigenvalue weighted by molar-refractivity contribution is -0.138. The van der Waals surface area contributed by atoms with Gasteiger partial charge < -0.3 is 20.1 Å². The van der Waals surface area contributed by atoms with Crippen molar-refractivity contribution in [2.24, 2.45) is 5.92 Å². The van der Waals surface area contributed by atoms with Crippen molar-refractivity contribution in [3.05, 3.63) is 18.2 Å². The molecule has 0 aliphatic carbocycles. The maximum absolute atomic E-state index is 12.0. The SMILES string of the molecule is CC(C)CN1C(=O)COc2cc(NC(=O)CCC(=O)O)ccc21. The normalized spacial score (nSPS) is 13.5. The summed E-state index contributed by atoms with van der Waals surface area (Å²) in [6, 6.07) is 5.04. The number of benzene rings is 1. The van der Waals surface area contributed by atoms with Crippen LogP contribution in [0.3, 0.4) is 0 Å². The molecule has 7 heteroatoms. The molecule has 7 nitrogen and oxygen atoms in total. The van der Waals surface area contributed by atoms with E-state index >= 15 is 0 Å². The molecule has 0 saturated carbocycles. The summed E-state index contributed by atoms with van der Waals surface area (Å²) in [5, 5.41) is 11.2. The summed E-state index contributed by atoms with van der Waals surface area (Å²) in [5.41, 5.74) is 1.19. The van der Waals surface area contributed by atoms with Crippen molar-refractivity contribution < 1.29 is 24.2 Å². The molecular formula is C16H20N2O5. The summed E-state index contributed by atoms with van der Waals surface area (Å²) in [6.45, 7) is 4.62. The summed E-state index contributed by atoms with van der Waals surface area (Å²) in [5.74, 6) is -0.638. The zero-order valence-corrected chi connectivity index (χ0v) is 13.2. The van der Waals surface area contributed by atoms with E-state index in [0.717, 1.165) is 0 Å². The molecule has 2 N–H and O–H groups in total. The fourth-order valence-corrected chi connectivity index (χ4v) is 2.29. The van der Waals surface area contributed by atoms with Gasteiger partial charge in [-0.15, -0.1) is 0 Å². The number of carboxylic acids is 1. The lowest BCUT2D eigenvalue weighted by Crippen LogP contribution is -2.40. The van der Waals surface area contributed by atoms with Crippen molar-refractivity contribution in [2.45, 2.75) is 26.7 Å². The number of anilines is 2. The lowest BCUT2D eigenvalue weighted by Gasteiger charge is -2.31. The Kier molecular flexibility index (Phi) is 5.20. The minimum Gasteiger partial charge on any atom is -0.481 e. The minimum absolute atomic E-state index is 0.0316. The van der Waals surface area contributed by atoms with Gasteiger partial charge in [0.2, 0.25) is 5.91 Å². The van der Waals surface area contributed by atoms with Gasteiger partial charge in [0.25, 0.3) is 5.91 Å². The van der Waals surface area contributed by atoms with Crippen molar-refractivity contribution in [1.29, 1.82) is 0 Å². The number of aliphatic carboxylic acids is 1. The number of carbonyl (C=O) groups excluding carboxylic acids is 2. The molecule has 0 atom stereocenters. The van der Waals surface area contributed by atoms with Crippen LogP contribution in [0.1, 0.15) is 26.7 Å². The molecule has 1 heterocycles. The average Bonchev–Trinajstić information content (AvgIpc) is 2.48. The number of nitrogens with one attached hydrogen (secondary N) is 1. The highest BCUT2D eigenvalue weighted by Gasteiger charge is 2.26. The third kappa shape index (κ3) is 4.45. The molecular weight excluding hydrogens is 300 g/mol. The van der Waals surface area contributed by atoms with Gasteiger partial charge in [0.1, 0.15) is 5.75 Å². The quantitative estimate of drug-likeness (QED) is 0.834. The number of nitrogens with zero attached hydrogens (tertiary/aromatic N) is 1.